The number of oxime groups is 1. The number of nitrogens with one attached hydrogen (secondary N) is 1. The molecule has 39 heavy (non-hydrogen) atoms. The standard InChI is InChI=1S/C31H42N4O3S/c1-22(2)24-10-12-25(13-11-24)34-18-16-26(17-19-34)35-30-7-5-4-6-28(30)29(20-32-36)31(35)21-33-39(37,38)27-14-8-23(3)9-15-27/h4-9,14-15,20,22,24-26,33,36H,10-13,16-19,21H2,1-3H3/b32-20+/t24-,25+. The first-order valence-corrected chi connectivity index (χ1v) is 15.9. The minimum atomic E-state index is -3.70. The molecule has 210 valence electrons. The van der Waals surface area contributed by atoms with E-state index in [1.54, 1.807) is 24.3 Å². The van der Waals surface area contributed by atoms with Crippen LogP contribution in [0.15, 0.2) is 58.6 Å². The third kappa shape index (κ3) is 5.93. The quantitative estimate of drug-likeness (QED) is 0.202. The Bertz CT molecular complexity index is 1400. The second-order valence-corrected chi connectivity index (χ2v) is 13.5. The van der Waals surface area contributed by atoms with E-state index in [2.05, 4.69) is 39.3 Å². The molecule has 1 saturated carbocycles. The van der Waals surface area contributed by atoms with E-state index in [1.165, 1.54) is 31.9 Å². The predicted octanol–water partition coefficient (Wildman–Crippen LogP) is 6.09. The van der Waals surface area contributed by atoms with Crippen molar-refractivity contribution in [3.8, 4) is 0 Å². The van der Waals surface area contributed by atoms with Gasteiger partial charge in [0.25, 0.3) is 0 Å². The molecule has 1 aliphatic carbocycles. The maximum absolute atomic E-state index is 13.2. The van der Waals surface area contributed by atoms with Gasteiger partial charge in [0.15, 0.2) is 0 Å². The van der Waals surface area contributed by atoms with Crippen LogP contribution in [0.25, 0.3) is 10.9 Å². The number of rotatable bonds is 8. The SMILES string of the molecule is Cc1ccc(S(=O)(=O)NCc2c(/C=N/O)c3ccccc3n2C2CCN([C@H]3CC[C@@H](C(C)C)CC3)CC2)cc1. The number of hydrogen-bond donors (Lipinski definition) is 2. The van der Waals surface area contributed by atoms with Gasteiger partial charge in [-0.15, -0.1) is 0 Å². The molecule has 0 bridgehead atoms. The monoisotopic (exact) mass is 550 g/mol. The van der Waals surface area contributed by atoms with Crippen molar-refractivity contribution in [1.29, 1.82) is 0 Å². The summed E-state index contributed by atoms with van der Waals surface area (Å²) >= 11 is 0. The minimum absolute atomic E-state index is 0.117. The maximum atomic E-state index is 13.2. The van der Waals surface area contributed by atoms with Crippen molar-refractivity contribution in [2.45, 2.75) is 82.8 Å². The van der Waals surface area contributed by atoms with E-state index in [0.717, 1.165) is 65.5 Å². The lowest BCUT2D eigenvalue weighted by Crippen LogP contribution is -2.44. The Morgan fingerprint density at radius 2 is 1.64 bits per heavy atom. The highest BCUT2D eigenvalue weighted by Crippen LogP contribution is 2.37. The molecule has 0 radical (unpaired) electrons. The van der Waals surface area contributed by atoms with Crippen molar-refractivity contribution in [3.63, 3.8) is 0 Å². The van der Waals surface area contributed by atoms with Gasteiger partial charge >= 0.3 is 0 Å². The number of benzene rings is 2. The molecule has 3 aromatic rings. The topological polar surface area (TPSA) is 86.9 Å². The van der Waals surface area contributed by atoms with Crippen molar-refractivity contribution in [2.24, 2.45) is 17.0 Å². The van der Waals surface area contributed by atoms with E-state index in [9.17, 15) is 13.6 Å². The fourth-order valence-corrected chi connectivity index (χ4v) is 7.74. The molecule has 2 N–H and O–H groups in total. The van der Waals surface area contributed by atoms with Gasteiger partial charge in [0.1, 0.15) is 0 Å². The van der Waals surface area contributed by atoms with Crippen LogP contribution in [0.2, 0.25) is 0 Å². The van der Waals surface area contributed by atoms with E-state index < -0.39 is 10.0 Å². The molecule has 0 atom stereocenters. The van der Waals surface area contributed by atoms with Crippen LogP contribution in [0, 0.1) is 18.8 Å². The van der Waals surface area contributed by atoms with Gasteiger partial charge in [-0.2, -0.15) is 0 Å². The van der Waals surface area contributed by atoms with Crippen LogP contribution in [0.1, 0.15) is 75.2 Å². The fourth-order valence-electron chi connectivity index (χ4n) is 6.75. The Labute approximate surface area is 232 Å². The summed E-state index contributed by atoms with van der Waals surface area (Å²) < 4.78 is 31.4. The first kappa shape index (κ1) is 27.9. The largest absolute Gasteiger partial charge is 0.411 e. The Morgan fingerprint density at radius 3 is 2.28 bits per heavy atom. The van der Waals surface area contributed by atoms with Crippen LogP contribution in [-0.4, -0.2) is 48.4 Å². The second-order valence-electron chi connectivity index (χ2n) is 11.7. The minimum Gasteiger partial charge on any atom is -0.411 e. The molecule has 1 saturated heterocycles. The van der Waals surface area contributed by atoms with Crippen LogP contribution in [-0.2, 0) is 16.6 Å². The summed E-state index contributed by atoms with van der Waals surface area (Å²) in [7, 11) is -3.70. The van der Waals surface area contributed by atoms with Crippen molar-refractivity contribution >= 4 is 27.1 Å². The number of aromatic nitrogens is 1. The number of para-hydroxylation sites is 1. The van der Waals surface area contributed by atoms with Crippen molar-refractivity contribution in [3.05, 3.63) is 65.4 Å². The van der Waals surface area contributed by atoms with E-state index in [0.29, 0.717) is 6.04 Å². The molecule has 0 amide bonds. The molecule has 2 aromatic carbocycles. The normalized spacial score (nSPS) is 21.8. The summed E-state index contributed by atoms with van der Waals surface area (Å²) in [5, 5.41) is 13.8. The summed E-state index contributed by atoms with van der Waals surface area (Å²) in [5.74, 6) is 1.64. The lowest BCUT2D eigenvalue weighted by Gasteiger charge is -2.42. The second kappa shape index (κ2) is 11.8. The molecular formula is C31H42N4O3S. The number of piperidine rings is 1. The van der Waals surface area contributed by atoms with Crippen LogP contribution in [0.5, 0.6) is 0 Å². The van der Waals surface area contributed by atoms with Gasteiger partial charge in [-0.05, 0) is 75.5 Å². The van der Waals surface area contributed by atoms with Gasteiger partial charge < -0.3 is 14.7 Å². The highest BCUT2D eigenvalue weighted by molar-refractivity contribution is 7.89. The molecule has 0 unspecified atom stereocenters. The predicted molar refractivity (Wildman–Crippen MR) is 157 cm³/mol. The Morgan fingerprint density at radius 1 is 0.974 bits per heavy atom. The molecule has 1 aromatic heterocycles. The zero-order valence-corrected chi connectivity index (χ0v) is 24.2. The lowest BCUT2D eigenvalue weighted by atomic mass is 9.79. The number of fused-ring (bicyclic) bond motifs is 1. The van der Waals surface area contributed by atoms with Crippen LogP contribution >= 0.6 is 0 Å². The van der Waals surface area contributed by atoms with Gasteiger partial charge in [0, 0.05) is 47.3 Å². The summed E-state index contributed by atoms with van der Waals surface area (Å²) in [6.07, 6.45) is 8.72. The molecule has 8 heteroatoms. The summed E-state index contributed by atoms with van der Waals surface area (Å²) in [4.78, 5) is 2.93. The van der Waals surface area contributed by atoms with Gasteiger partial charge in [0.2, 0.25) is 10.0 Å². The molecule has 2 heterocycles. The van der Waals surface area contributed by atoms with Crippen LogP contribution < -0.4 is 4.72 Å². The van der Waals surface area contributed by atoms with Crippen molar-refractivity contribution in [1.82, 2.24) is 14.2 Å². The highest BCUT2D eigenvalue weighted by Gasteiger charge is 2.32. The van der Waals surface area contributed by atoms with Gasteiger partial charge in [0.05, 0.1) is 17.7 Å². The lowest BCUT2D eigenvalue weighted by molar-refractivity contribution is 0.0889. The summed E-state index contributed by atoms with van der Waals surface area (Å²) in [6.45, 7) is 8.85. The zero-order valence-electron chi connectivity index (χ0n) is 23.4. The Hall–Kier alpha value is -2.68. The Kier molecular flexibility index (Phi) is 8.45. The molecule has 2 aliphatic rings. The number of likely N-dealkylation sites (tertiary alicyclic amines) is 1. The third-order valence-electron chi connectivity index (χ3n) is 9.07. The number of hydrogen-bond acceptors (Lipinski definition) is 5. The average molecular weight is 551 g/mol. The summed E-state index contributed by atoms with van der Waals surface area (Å²) in [5.41, 5.74) is 3.65. The zero-order chi connectivity index (χ0) is 27.6. The Balaban J connectivity index is 1.39. The molecule has 5 rings (SSSR count). The smallest absolute Gasteiger partial charge is 0.240 e. The van der Waals surface area contributed by atoms with Crippen molar-refractivity contribution in [2.75, 3.05) is 13.1 Å². The van der Waals surface area contributed by atoms with E-state index in [1.807, 2.05) is 25.1 Å². The molecule has 7 nitrogen and oxygen atoms in total. The average Bonchev–Trinajstić information content (AvgIpc) is 3.26. The molecule has 1 aliphatic heterocycles. The highest BCUT2D eigenvalue weighted by atomic mass is 32.2. The van der Waals surface area contributed by atoms with Gasteiger partial charge in [-0.1, -0.05) is 54.9 Å². The number of aryl methyl sites for hydroxylation is 1. The third-order valence-corrected chi connectivity index (χ3v) is 10.5. The van der Waals surface area contributed by atoms with Crippen LogP contribution in [0.4, 0.5) is 0 Å². The first-order valence-electron chi connectivity index (χ1n) is 14.4. The van der Waals surface area contributed by atoms with Gasteiger partial charge in [-0.3, -0.25) is 0 Å². The maximum Gasteiger partial charge on any atom is 0.240 e. The fraction of sp³-hybridized carbons (Fsp3) is 0.516. The van der Waals surface area contributed by atoms with Crippen LogP contribution in [0.3, 0.4) is 0 Å². The van der Waals surface area contributed by atoms with E-state index >= 15 is 0 Å². The summed E-state index contributed by atoms with van der Waals surface area (Å²) in [6, 6.07) is 15.9. The first-order chi connectivity index (χ1) is 18.8. The molecule has 0 spiro atoms. The number of sulfonamides is 1. The van der Waals surface area contributed by atoms with Gasteiger partial charge in [-0.25, -0.2) is 13.1 Å². The molecule has 2 fully saturated rings. The van der Waals surface area contributed by atoms with Crippen molar-refractivity contribution < 1.29 is 13.6 Å². The van der Waals surface area contributed by atoms with E-state index in [4.69, 9.17) is 0 Å². The van der Waals surface area contributed by atoms with E-state index in [-0.39, 0.29) is 17.5 Å². The molecular weight excluding hydrogens is 508 g/mol. The number of nitrogens with zero attached hydrogens (tertiary/aromatic N) is 3.